The number of aromatic nitrogens is 2. The van der Waals surface area contributed by atoms with Crippen LogP contribution in [0.5, 0.6) is 5.75 Å². The number of carbonyl (C=O) groups excluding carboxylic acids is 2. The van der Waals surface area contributed by atoms with Crippen molar-refractivity contribution in [3.05, 3.63) is 72.2 Å². The first-order valence-corrected chi connectivity index (χ1v) is 10.5. The van der Waals surface area contributed by atoms with Crippen molar-refractivity contribution in [3.8, 4) is 5.75 Å². The molecular weight excluding hydrogens is 416 g/mol. The zero-order chi connectivity index (χ0) is 21.6. The SMILES string of the molecule is COc1ccc2nc(SCC(=O)Nc3ccccc3C(=O)NCc3ccco3)[nH]c2c1. The molecule has 9 heteroatoms. The quantitative estimate of drug-likeness (QED) is 0.362. The molecule has 0 saturated heterocycles. The number of benzene rings is 2. The summed E-state index contributed by atoms with van der Waals surface area (Å²) in [7, 11) is 1.60. The Hall–Kier alpha value is -3.72. The minimum absolute atomic E-state index is 0.138. The molecule has 0 spiro atoms. The molecule has 0 aliphatic carbocycles. The van der Waals surface area contributed by atoms with E-state index in [1.165, 1.54) is 11.8 Å². The highest BCUT2D eigenvalue weighted by Crippen LogP contribution is 2.23. The smallest absolute Gasteiger partial charge is 0.253 e. The van der Waals surface area contributed by atoms with Gasteiger partial charge in [0.15, 0.2) is 5.16 Å². The normalized spacial score (nSPS) is 10.7. The highest BCUT2D eigenvalue weighted by molar-refractivity contribution is 7.99. The fourth-order valence-electron chi connectivity index (χ4n) is 2.95. The number of imidazole rings is 1. The number of fused-ring (bicyclic) bond motifs is 1. The van der Waals surface area contributed by atoms with Crippen molar-refractivity contribution < 1.29 is 18.7 Å². The second kappa shape index (κ2) is 9.40. The van der Waals surface area contributed by atoms with Crippen molar-refractivity contribution in [2.45, 2.75) is 11.7 Å². The Morgan fingerprint density at radius 2 is 2.03 bits per heavy atom. The molecule has 4 rings (SSSR count). The Kier molecular flexibility index (Phi) is 6.23. The fourth-order valence-corrected chi connectivity index (χ4v) is 3.63. The van der Waals surface area contributed by atoms with E-state index in [0.717, 1.165) is 16.8 Å². The van der Waals surface area contributed by atoms with Gasteiger partial charge in [-0.2, -0.15) is 0 Å². The number of carbonyl (C=O) groups is 2. The molecule has 2 aromatic heterocycles. The van der Waals surface area contributed by atoms with Gasteiger partial charge in [-0.25, -0.2) is 4.98 Å². The predicted molar refractivity (Wildman–Crippen MR) is 118 cm³/mol. The summed E-state index contributed by atoms with van der Waals surface area (Å²) in [5.74, 6) is 0.974. The number of amides is 2. The first-order chi connectivity index (χ1) is 15.1. The third kappa shape index (κ3) is 5.07. The van der Waals surface area contributed by atoms with Crippen LogP contribution in [0.3, 0.4) is 0 Å². The van der Waals surface area contributed by atoms with Crippen molar-refractivity contribution >= 4 is 40.3 Å². The summed E-state index contributed by atoms with van der Waals surface area (Å²) < 4.78 is 10.4. The van der Waals surface area contributed by atoms with Crippen LogP contribution in [0.15, 0.2) is 70.4 Å². The van der Waals surface area contributed by atoms with E-state index >= 15 is 0 Å². The molecule has 158 valence electrons. The maximum Gasteiger partial charge on any atom is 0.253 e. The molecule has 0 aliphatic rings. The summed E-state index contributed by atoms with van der Waals surface area (Å²) in [4.78, 5) is 32.6. The van der Waals surface area contributed by atoms with Crippen LogP contribution in [-0.4, -0.2) is 34.6 Å². The Morgan fingerprint density at radius 1 is 1.16 bits per heavy atom. The second-order valence-corrected chi connectivity index (χ2v) is 7.53. The van der Waals surface area contributed by atoms with E-state index in [-0.39, 0.29) is 24.1 Å². The molecular formula is C22H20N4O4S. The molecule has 31 heavy (non-hydrogen) atoms. The second-order valence-electron chi connectivity index (χ2n) is 6.57. The Morgan fingerprint density at radius 3 is 2.84 bits per heavy atom. The van der Waals surface area contributed by atoms with Crippen molar-refractivity contribution in [2.24, 2.45) is 0 Å². The molecule has 2 heterocycles. The number of aromatic amines is 1. The Labute approximate surface area is 182 Å². The first kappa shape index (κ1) is 20.5. The number of nitrogens with zero attached hydrogens (tertiary/aromatic N) is 1. The number of rotatable bonds is 8. The third-order valence-corrected chi connectivity index (χ3v) is 5.33. The van der Waals surface area contributed by atoms with Gasteiger partial charge >= 0.3 is 0 Å². The number of ether oxygens (including phenoxy) is 1. The zero-order valence-electron chi connectivity index (χ0n) is 16.7. The average molecular weight is 436 g/mol. The van der Waals surface area contributed by atoms with Gasteiger partial charge in [-0.05, 0) is 36.4 Å². The minimum atomic E-state index is -0.300. The van der Waals surface area contributed by atoms with E-state index in [4.69, 9.17) is 9.15 Å². The molecule has 0 fully saturated rings. The summed E-state index contributed by atoms with van der Waals surface area (Å²) in [6, 6.07) is 15.9. The fraction of sp³-hybridized carbons (Fsp3) is 0.136. The standard InChI is InChI=1S/C22H20N4O4S/c1-29-14-8-9-18-19(11-14)26-22(25-18)31-13-20(27)24-17-7-3-2-6-16(17)21(28)23-12-15-5-4-10-30-15/h2-11H,12-13H2,1H3,(H,23,28)(H,24,27)(H,25,26). The summed E-state index contributed by atoms with van der Waals surface area (Å²) >= 11 is 1.28. The van der Waals surface area contributed by atoms with Gasteiger partial charge in [0.1, 0.15) is 11.5 Å². The van der Waals surface area contributed by atoms with Crippen LogP contribution >= 0.6 is 11.8 Å². The largest absolute Gasteiger partial charge is 0.497 e. The molecule has 2 aromatic carbocycles. The lowest BCUT2D eigenvalue weighted by atomic mass is 10.1. The van der Waals surface area contributed by atoms with E-state index in [0.29, 0.717) is 22.2 Å². The minimum Gasteiger partial charge on any atom is -0.497 e. The maximum atomic E-state index is 12.5. The Balaban J connectivity index is 1.37. The summed E-state index contributed by atoms with van der Waals surface area (Å²) in [5, 5.41) is 6.21. The monoisotopic (exact) mass is 436 g/mol. The molecule has 0 bridgehead atoms. The third-order valence-electron chi connectivity index (χ3n) is 4.46. The van der Waals surface area contributed by atoms with E-state index in [1.807, 2.05) is 18.2 Å². The molecule has 3 N–H and O–H groups in total. The number of thioether (sulfide) groups is 1. The van der Waals surface area contributed by atoms with Gasteiger partial charge in [-0.3, -0.25) is 9.59 Å². The van der Waals surface area contributed by atoms with Crippen LogP contribution in [0.4, 0.5) is 5.69 Å². The highest BCUT2D eigenvalue weighted by Gasteiger charge is 2.14. The summed E-state index contributed by atoms with van der Waals surface area (Å²) in [5.41, 5.74) is 2.45. The number of hydrogen-bond acceptors (Lipinski definition) is 6. The van der Waals surface area contributed by atoms with Gasteiger partial charge in [0.2, 0.25) is 5.91 Å². The number of methoxy groups -OCH3 is 1. The number of H-pyrrole nitrogens is 1. The van der Waals surface area contributed by atoms with Crippen LogP contribution in [0, 0.1) is 0 Å². The van der Waals surface area contributed by atoms with Gasteiger partial charge in [-0.1, -0.05) is 23.9 Å². The summed E-state index contributed by atoms with van der Waals surface area (Å²) in [6.07, 6.45) is 1.55. The van der Waals surface area contributed by atoms with Crippen LogP contribution in [0.1, 0.15) is 16.1 Å². The highest BCUT2D eigenvalue weighted by atomic mass is 32.2. The van der Waals surface area contributed by atoms with Crippen molar-refractivity contribution in [1.82, 2.24) is 15.3 Å². The maximum absolute atomic E-state index is 12.5. The lowest BCUT2D eigenvalue weighted by molar-refractivity contribution is -0.113. The number of hydrogen-bond donors (Lipinski definition) is 3. The number of furan rings is 1. The van der Waals surface area contributed by atoms with E-state index in [9.17, 15) is 9.59 Å². The van der Waals surface area contributed by atoms with Crippen LogP contribution in [0.25, 0.3) is 11.0 Å². The van der Waals surface area contributed by atoms with Crippen molar-refractivity contribution in [3.63, 3.8) is 0 Å². The van der Waals surface area contributed by atoms with E-state index < -0.39 is 0 Å². The molecule has 0 atom stereocenters. The van der Waals surface area contributed by atoms with Crippen LogP contribution in [-0.2, 0) is 11.3 Å². The van der Waals surface area contributed by atoms with Gasteiger partial charge in [0, 0.05) is 6.07 Å². The van der Waals surface area contributed by atoms with Crippen molar-refractivity contribution in [2.75, 3.05) is 18.2 Å². The van der Waals surface area contributed by atoms with Gasteiger partial charge in [0.25, 0.3) is 5.91 Å². The summed E-state index contributed by atoms with van der Waals surface area (Å²) in [6.45, 7) is 0.265. The lowest BCUT2D eigenvalue weighted by Gasteiger charge is -2.10. The number of para-hydroxylation sites is 1. The van der Waals surface area contributed by atoms with Crippen LogP contribution < -0.4 is 15.4 Å². The van der Waals surface area contributed by atoms with Gasteiger partial charge in [-0.15, -0.1) is 0 Å². The average Bonchev–Trinajstić information content (AvgIpc) is 3.45. The first-order valence-electron chi connectivity index (χ1n) is 9.48. The molecule has 8 nitrogen and oxygen atoms in total. The Bertz CT molecular complexity index is 1200. The molecule has 0 radical (unpaired) electrons. The topological polar surface area (TPSA) is 109 Å². The van der Waals surface area contributed by atoms with Gasteiger partial charge < -0.3 is 24.8 Å². The van der Waals surface area contributed by atoms with Gasteiger partial charge in [0.05, 0.1) is 48.0 Å². The number of nitrogens with one attached hydrogen (secondary N) is 3. The molecule has 0 unspecified atom stereocenters. The predicted octanol–water partition coefficient (Wildman–Crippen LogP) is 3.83. The number of anilines is 1. The zero-order valence-corrected chi connectivity index (χ0v) is 17.5. The van der Waals surface area contributed by atoms with Crippen LogP contribution in [0.2, 0.25) is 0 Å². The molecule has 0 saturated carbocycles. The lowest BCUT2D eigenvalue weighted by Crippen LogP contribution is -2.25. The van der Waals surface area contributed by atoms with Crippen molar-refractivity contribution in [1.29, 1.82) is 0 Å². The van der Waals surface area contributed by atoms with E-state index in [2.05, 4.69) is 20.6 Å². The molecule has 2 amide bonds. The molecule has 0 aliphatic heterocycles. The van der Waals surface area contributed by atoms with E-state index in [1.54, 1.807) is 49.8 Å². The molecule has 4 aromatic rings.